The predicted molar refractivity (Wildman–Crippen MR) is 43.2 cm³/mol. The van der Waals surface area contributed by atoms with Crippen molar-refractivity contribution < 1.29 is 10.0 Å². The molecule has 0 amide bonds. The summed E-state index contributed by atoms with van der Waals surface area (Å²) < 4.78 is 0.677. The van der Waals surface area contributed by atoms with Crippen LogP contribution in [0.2, 0.25) is 4.34 Å². The van der Waals surface area contributed by atoms with Crippen molar-refractivity contribution in [2.45, 2.75) is 6.32 Å². The maximum Gasteiger partial charge on any atom is 0.456 e. The van der Waals surface area contributed by atoms with Crippen LogP contribution in [0.4, 0.5) is 0 Å². The molecule has 0 fully saturated rings. The molecule has 0 unspecified atom stereocenters. The predicted octanol–water partition coefficient (Wildman–Crippen LogP) is 0.956. The Hall–Kier alpha value is -0.0251. The first-order chi connectivity index (χ1) is 4.68. The quantitative estimate of drug-likeness (QED) is 0.659. The lowest BCUT2D eigenvalue weighted by Crippen LogP contribution is -2.14. The summed E-state index contributed by atoms with van der Waals surface area (Å²) in [6.45, 7) is 0. The van der Waals surface area contributed by atoms with Crippen molar-refractivity contribution in [1.29, 1.82) is 0 Å². The van der Waals surface area contributed by atoms with E-state index >= 15 is 0 Å². The molecule has 0 atom stereocenters. The second-order valence-corrected chi connectivity index (χ2v) is 3.49. The summed E-state index contributed by atoms with van der Waals surface area (Å²) in [7, 11) is -1.27. The van der Waals surface area contributed by atoms with Gasteiger partial charge in [-0.2, -0.15) is 0 Å². The first-order valence-electron chi connectivity index (χ1n) is 2.77. The molecule has 0 saturated heterocycles. The summed E-state index contributed by atoms with van der Waals surface area (Å²) in [5, 5.41) is 18.9. The zero-order chi connectivity index (χ0) is 7.56. The van der Waals surface area contributed by atoms with Gasteiger partial charge in [-0.3, -0.25) is 0 Å². The van der Waals surface area contributed by atoms with E-state index in [-0.39, 0.29) is 6.32 Å². The second-order valence-electron chi connectivity index (χ2n) is 1.94. The fourth-order valence-corrected chi connectivity index (χ4v) is 1.59. The van der Waals surface area contributed by atoms with Crippen molar-refractivity contribution in [3.63, 3.8) is 0 Å². The zero-order valence-corrected chi connectivity index (χ0v) is 6.69. The highest BCUT2D eigenvalue weighted by Gasteiger charge is 2.08. The highest BCUT2D eigenvalue weighted by molar-refractivity contribution is 7.14. The SMILES string of the molecule is OB(O)Cc1csc(Cl)c1. The molecule has 10 heavy (non-hydrogen) atoms. The molecule has 0 radical (unpaired) electrons. The third-order valence-electron chi connectivity index (χ3n) is 1.04. The minimum absolute atomic E-state index is 0.253. The van der Waals surface area contributed by atoms with Crippen LogP contribution >= 0.6 is 22.9 Å². The molecule has 0 bridgehead atoms. The van der Waals surface area contributed by atoms with Crippen LogP contribution < -0.4 is 0 Å². The molecule has 54 valence electrons. The molecule has 0 aliphatic rings. The van der Waals surface area contributed by atoms with Gasteiger partial charge < -0.3 is 10.0 Å². The van der Waals surface area contributed by atoms with Crippen molar-refractivity contribution in [2.75, 3.05) is 0 Å². The first kappa shape index (κ1) is 8.08. The first-order valence-corrected chi connectivity index (χ1v) is 4.03. The number of halogens is 1. The maximum absolute atomic E-state index is 8.53. The smallest absolute Gasteiger partial charge is 0.427 e. The molecule has 1 heterocycles. The Bertz CT molecular complexity index is 213. The summed E-state index contributed by atoms with van der Waals surface area (Å²) in [5.74, 6) is 0. The third kappa shape index (κ3) is 2.30. The van der Waals surface area contributed by atoms with Crippen molar-refractivity contribution >= 4 is 30.1 Å². The number of thiophene rings is 1. The summed E-state index contributed by atoms with van der Waals surface area (Å²) in [6, 6.07) is 1.73. The maximum atomic E-state index is 8.53. The van der Waals surface area contributed by atoms with Crippen LogP contribution in [-0.4, -0.2) is 17.2 Å². The zero-order valence-electron chi connectivity index (χ0n) is 5.12. The van der Waals surface area contributed by atoms with E-state index in [0.717, 1.165) is 5.56 Å². The average molecular weight is 176 g/mol. The highest BCUT2D eigenvalue weighted by atomic mass is 35.5. The van der Waals surface area contributed by atoms with Gasteiger partial charge in [0.05, 0.1) is 4.34 Å². The fourth-order valence-electron chi connectivity index (χ4n) is 0.664. The molecule has 0 aliphatic heterocycles. The molecule has 1 aromatic rings. The Labute approximate surface area is 68.2 Å². The van der Waals surface area contributed by atoms with Gasteiger partial charge in [0.25, 0.3) is 0 Å². The van der Waals surface area contributed by atoms with Crippen molar-refractivity contribution in [1.82, 2.24) is 0 Å². The molecule has 0 aromatic carbocycles. The van der Waals surface area contributed by atoms with E-state index in [4.69, 9.17) is 21.6 Å². The van der Waals surface area contributed by atoms with E-state index in [1.54, 1.807) is 6.07 Å². The molecule has 0 saturated carbocycles. The van der Waals surface area contributed by atoms with Gasteiger partial charge in [-0.05, 0) is 17.0 Å². The number of hydrogen-bond acceptors (Lipinski definition) is 3. The number of rotatable bonds is 2. The van der Waals surface area contributed by atoms with Crippen LogP contribution in [0.25, 0.3) is 0 Å². The van der Waals surface area contributed by atoms with Crippen molar-refractivity contribution in [3.8, 4) is 0 Å². The van der Waals surface area contributed by atoms with E-state index in [1.165, 1.54) is 11.3 Å². The molecule has 2 N–H and O–H groups in total. The number of hydrogen-bond donors (Lipinski definition) is 2. The van der Waals surface area contributed by atoms with Gasteiger partial charge in [-0.1, -0.05) is 11.6 Å². The Kier molecular flexibility index (Phi) is 2.74. The molecule has 1 aromatic heterocycles. The summed E-state index contributed by atoms with van der Waals surface area (Å²) >= 11 is 6.99. The van der Waals surface area contributed by atoms with Gasteiger partial charge in [-0.15, -0.1) is 11.3 Å². The molecular formula is C5H6BClO2S. The van der Waals surface area contributed by atoms with Crippen LogP contribution in [0.3, 0.4) is 0 Å². The van der Waals surface area contributed by atoms with Gasteiger partial charge >= 0.3 is 7.12 Å². The van der Waals surface area contributed by atoms with Crippen LogP contribution in [0.5, 0.6) is 0 Å². The third-order valence-corrected chi connectivity index (χ3v) is 2.18. The van der Waals surface area contributed by atoms with Crippen molar-refractivity contribution in [3.05, 3.63) is 21.3 Å². The second kappa shape index (κ2) is 3.39. The molecule has 1 rings (SSSR count). The monoisotopic (exact) mass is 176 g/mol. The molecule has 2 nitrogen and oxygen atoms in total. The summed E-state index contributed by atoms with van der Waals surface area (Å²) in [5.41, 5.74) is 0.866. The van der Waals surface area contributed by atoms with Gasteiger partial charge in [0.1, 0.15) is 0 Å². The standard InChI is InChI=1S/C5H6BClO2S/c7-5-1-4(3-10-5)2-6(8)9/h1,3,8-9H,2H2. The fraction of sp³-hybridized carbons (Fsp3) is 0.200. The lowest BCUT2D eigenvalue weighted by atomic mass is 9.83. The van der Waals surface area contributed by atoms with Gasteiger partial charge in [0.2, 0.25) is 0 Å². The van der Waals surface area contributed by atoms with E-state index in [0.29, 0.717) is 4.34 Å². The van der Waals surface area contributed by atoms with Gasteiger partial charge in [-0.25, -0.2) is 0 Å². The van der Waals surface area contributed by atoms with E-state index < -0.39 is 7.12 Å². The molecule has 5 heteroatoms. The Morgan fingerprint density at radius 3 is 2.70 bits per heavy atom. The topological polar surface area (TPSA) is 40.5 Å². The minimum Gasteiger partial charge on any atom is -0.427 e. The van der Waals surface area contributed by atoms with Gasteiger partial charge in [0.15, 0.2) is 0 Å². The van der Waals surface area contributed by atoms with Crippen molar-refractivity contribution in [2.24, 2.45) is 0 Å². The van der Waals surface area contributed by atoms with Crippen LogP contribution in [0.1, 0.15) is 5.56 Å². The average Bonchev–Trinajstić information content (AvgIpc) is 2.13. The van der Waals surface area contributed by atoms with E-state index in [2.05, 4.69) is 0 Å². The largest absolute Gasteiger partial charge is 0.456 e. The lowest BCUT2D eigenvalue weighted by Gasteiger charge is -1.91. The summed E-state index contributed by atoms with van der Waals surface area (Å²) in [4.78, 5) is 0. The molecular weight excluding hydrogens is 170 g/mol. The van der Waals surface area contributed by atoms with E-state index in [9.17, 15) is 0 Å². The van der Waals surface area contributed by atoms with Crippen LogP contribution in [0, 0.1) is 0 Å². The lowest BCUT2D eigenvalue weighted by molar-refractivity contribution is 0.405. The van der Waals surface area contributed by atoms with Crippen LogP contribution in [0.15, 0.2) is 11.4 Å². The Balaban J connectivity index is 2.58. The molecule has 0 aliphatic carbocycles. The Morgan fingerprint density at radius 1 is 1.60 bits per heavy atom. The Morgan fingerprint density at radius 2 is 2.30 bits per heavy atom. The van der Waals surface area contributed by atoms with Gasteiger partial charge in [0, 0.05) is 6.32 Å². The molecule has 0 spiro atoms. The highest BCUT2D eigenvalue weighted by Crippen LogP contribution is 2.20. The van der Waals surface area contributed by atoms with Crippen LogP contribution in [-0.2, 0) is 6.32 Å². The minimum atomic E-state index is -1.27. The normalized spacial score (nSPS) is 9.90. The summed E-state index contributed by atoms with van der Waals surface area (Å²) in [6.07, 6.45) is 0.253. The van der Waals surface area contributed by atoms with E-state index in [1.807, 2.05) is 5.38 Å².